The van der Waals surface area contributed by atoms with Crippen molar-refractivity contribution >= 4 is 11.6 Å². The van der Waals surface area contributed by atoms with Gasteiger partial charge in [0.05, 0.1) is 11.6 Å². The van der Waals surface area contributed by atoms with E-state index in [0.717, 1.165) is 17.7 Å². The second-order valence-corrected chi connectivity index (χ2v) is 4.61. The van der Waals surface area contributed by atoms with Crippen molar-refractivity contribution in [1.29, 1.82) is 5.26 Å². The lowest BCUT2D eigenvalue weighted by Gasteiger charge is -2.09. The molecule has 0 N–H and O–H groups in total. The summed E-state index contributed by atoms with van der Waals surface area (Å²) in [7, 11) is 0. The minimum atomic E-state index is 0.401. The summed E-state index contributed by atoms with van der Waals surface area (Å²) in [6.07, 6.45) is 0.981. The van der Waals surface area contributed by atoms with Crippen LogP contribution in [0, 0.1) is 11.3 Å². The molecular weight excluding hydrogens is 258 g/mol. The Morgan fingerprint density at radius 2 is 2.05 bits per heavy atom. The van der Waals surface area contributed by atoms with Crippen LogP contribution in [0.2, 0.25) is 5.02 Å². The molecule has 0 bridgehead atoms. The maximum absolute atomic E-state index is 8.78. The number of aryl methyl sites for hydroxylation is 1. The van der Waals surface area contributed by atoms with Gasteiger partial charge < -0.3 is 4.74 Å². The van der Waals surface area contributed by atoms with E-state index in [9.17, 15) is 0 Å². The first kappa shape index (κ1) is 13.5. The molecule has 3 heteroatoms. The number of hydrogen-bond donors (Lipinski definition) is 0. The van der Waals surface area contributed by atoms with Crippen molar-refractivity contribution in [2.24, 2.45) is 0 Å². The summed E-state index contributed by atoms with van der Waals surface area (Å²) in [6.45, 7) is 2.51. The summed E-state index contributed by atoms with van der Waals surface area (Å²) in [5, 5.41) is 9.34. The molecule has 0 radical (unpaired) electrons. The number of ether oxygens (including phenoxy) is 1. The molecule has 0 saturated carbocycles. The molecule has 96 valence electrons. The van der Waals surface area contributed by atoms with E-state index in [1.165, 1.54) is 5.56 Å². The summed E-state index contributed by atoms with van der Waals surface area (Å²) in [4.78, 5) is 0. The zero-order valence-corrected chi connectivity index (χ0v) is 11.4. The quantitative estimate of drug-likeness (QED) is 0.828. The van der Waals surface area contributed by atoms with Gasteiger partial charge in [0, 0.05) is 10.6 Å². The van der Waals surface area contributed by atoms with Crippen LogP contribution in [0.25, 0.3) is 0 Å². The van der Waals surface area contributed by atoms with Crippen molar-refractivity contribution in [1.82, 2.24) is 0 Å². The molecule has 0 spiro atoms. The van der Waals surface area contributed by atoms with Gasteiger partial charge in [-0.1, -0.05) is 36.7 Å². The number of nitriles is 1. The number of rotatable bonds is 4. The Balaban J connectivity index is 2.08. The summed E-state index contributed by atoms with van der Waals surface area (Å²) < 4.78 is 5.72. The average Bonchev–Trinajstić information content (AvgIpc) is 2.46. The zero-order chi connectivity index (χ0) is 13.7. The van der Waals surface area contributed by atoms with Crippen LogP contribution in [-0.4, -0.2) is 0 Å². The molecule has 0 saturated heterocycles. The smallest absolute Gasteiger partial charge is 0.120 e. The van der Waals surface area contributed by atoms with Crippen LogP contribution >= 0.6 is 11.6 Å². The molecule has 0 unspecified atom stereocenters. The van der Waals surface area contributed by atoms with Crippen LogP contribution in [0.3, 0.4) is 0 Å². The van der Waals surface area contributed by atoms with Gasteiger partial charge in [-0.25, -0.2) is 0 Å². The molecule has 2 aromatic carbocycles. The van der Waals surface area contributed by atoms with E-state index in [-0.39, 0.29) is 0 Å². The maximum atomic E-state index is 8.78. The maximum Gasteiger partial charge on any atom is 0.120 e. The Hall–Kier alpha value is -1.98. The van der Waals surface area contributed by atoms with Crippen LogP contribution in [-0.2, 0) is 13.0 Å². The SMILES string of the molecule is CCc1cccc(OCc2ccc(C#N)cc2Cl)c1. The van der Waals surface area contributed by atoms with E-state index in [1.54, 1.807) is 12.1 Å². The minimum absolute atomic E-state index is 0.401. The van der Waals surface area contributed by atoms with E-state index in [4.69, 9.17) is 21.6 Å². The van der Waals surface area contributed by atoms with Crippen molar-refractivity contribution < 1.29 is 4.74 Å². The topological polar surface area (TPSA) is 33.0 Å². The van der Waals surface area contributed by atoms with Gasteiger partial charge in [0.15, 0.2) is 0 Å². The molecule has 0 aliphatic carbocycles. The van der Waals surface area contributed by atoms with Crippen molar-refractivity contribution in [2.45, 2.75) is 20.0 Å². The van der Waals surface area contributed by atoms with E-state index < -0.39 is 0 Å². The standard InChI is InChI=1S/C16H14ClNO/c1-2-12-4-3-5-15(8-12)19-11-14-7-6-13(10-18)9-16(14)17/h3-9H,2,11H2,1H3. The molecule has 2 aromatic rings. The average molecular weight is 272 g/mol. The fraction of sp³-hybridized carbons (Fsp3) is 0.188. The molecule has 0 aromatic heterocycles. The predicted molar refractivity (Wildman–Crippen MR) is 76.3 cm³/mol. The highest BCUT2D eigenvalue weighted by Gasteiger charge is 2.03. The third-order valence-electron chi connectivity index (χ3n) is 2.88. The minimum Gasteiger partial charge on any atom is -0.489 e. The Bertz CT molecular complexity index is 616. The largest absolute Gasteiger partial charge is 0.489 e. The second kappa shape index (κ2) is 6.26. The van der Waals surface area contributed by atoms with Crippen LogP contribution in [0.5, 0.6) is 5.75 Å². The highest BCUT2D eigenvalue weighted by molar-refractivity contribution is 6.31. The predicted octanol–water partition coefficient (Wildman–Crippen LogP) is 4.35. The molecule has 2 nitrogen and oxygen atoms in total. The van der Waals surface area contributed by atoms with Crippen molar-refractivity contribution in [3.05, 3.63) is 64.2 Å². The first-order valence-corrected chi connectivity index (χ1v) is 6.51. The summed E-state index contributed by atoms with van der Waals surface area (Å²) in [6, 6.07) is 15.3. The molecule has 0 heterocycles. The third-order valence-corrected chi connectivity index (χ3v) is 3.24. The van der Waals surface area contributed by atoms with Crippen molar-refractivity contribution in [3.8, 4) is 11.8 Å². The van der Waals surface area contributed by atoms with Gasteiger partial charge in [-0.05, 0) is 36.2 Å². The molecule has 0 aliphatic rings. The Labute approximate surface area is 118 Å². The Morgan fingerprint density at radius 1 is 1.21 bits per heavy atom. The fourth-order valence-electron chi connectivity index (χ4n) is 1.75. The Morgan fingerprint density at radius 3 is 2.74 bits per heavy atom. The molecule has 19 heavy (non-hydrogen) atoms. The lowest BCUT2D eigenvalue weighted by atomic mass is 10.1. The highest BCUT2D eigenvalue weighted by Crippen LogP contribution is 2.21. The van der Waals surface area contributed by atoms with Crippen LogP contribution in [0.1, 0.15) is 23.6 Å². The number of halogens is 1. The molecule has 0 amide bonds. The van der Waals surface area contributed by atoms with Gasteiger partial charge in [-0.2, -0.15) is 5.26 Å². The molecule has 0 atom stereocenters. The van der Waals surface area contributed by atoms with E-state index in [1.807, 2.05) is 24.3 Å². The molecule has 0 fully saturated rings. The van der Waals surface area contributed by atoms with Gasteiger partial charge in [-0.15, -0.1) is 0 Å². The normalized spacial score (nSPS) is 9.95. The second-order valence-electron chi connectivity index (χ2n) is 4.21. The molecule has 0 aliphatic heterocycles. The van der Waals surface area contributed by atoms with Crippen molar-refractivity contribution in [2.75, 3.05) is 0 Å². The fourth-order valence-corrected chi connectivity index (χ4v) is 1.99. The number of nitrogens with zero attached hydrogens (tertiary/aromatic N) is 1. The monoisotopic (exact) mass is 271 g/mol. The van der Waals surface area contributed by atoms with Gasteiger partial charge in [-0.3, -0.25) is 0 Å². The van der Waals surface area contributed by atoms with Gasteiger partial charge >= 0.3 is 0 Å². The summed E-state index contributed by atoms with van der Waals surface area (Å²) >= 11 is 6.10. The molecule has 2 rings (SSSR count). The van der Waals surface area contributed by atoms with Crippen LogP contribution in [0.15, 0.2) is 42.5 Å². The summed E-state index contributed by atoms with van der Waals surface area (Å²) in [5.41, 5.74) is 2.67. The number of benzene rings is 2. The Kier molecular flexibility index (Phi) is 4.43. The van der Waals surface area contributed by atoms with Gasteiger partial charge in [0.2, 0.25) is 0 Å². The third kappa shape index (κ3) is 3.49. The van der Waals surface area contributed by atoms with E-state index in [2.05, 4.69) is 19.1 Å². The molecular formula is C16H14ClNO. The van der Waals surface area contributed by atoms with Gasteiger partial charge in [0.1, 0.15) is 12.4 Å². The summed E-state index contributed by atoms with van der Waals surface area (Å²) in [5.74, 6) is 0.833. The zero-order valence-electron chi connectivity index (χ0n) is 10.7. The lowest BCUT2D eigenvalue weighted by Crippen LogP contribution is -1.97. The lowest BCUT2D eigenvalue weighted by molar-refractivity contribution is 0.306. The van der Waals surface area contributed by atoms with E-state index in [0.29, 0.717) is 17.2 Å². The van der Waals surface area contributed by atoms with E-state index >= 15 is 0 Å². The number of hydrogen-bond acceptors (Lipinski definition) is 2. The first-order valence-electron chi connectivity index (χ1n) is 6.13. The first-order chi connectivity index (χ1) is 9.22. The van der Waals surface area contributed by atoms with Crippen LogP contribution < -0.4 is 4.74 Å². The van der Waals surface area contributed by atoms with Crippen LogP contribution in [0.4, 0.5) is 0 Å². The van der Waals surface area contributed by atoms with Gasteiger partial charge in [0.25, 0.3) is 0 Å². The van der Waals surface area contributed by atoms with Crippen molar-refractivity contribution in [3.63, 3.8) is 0 Å². The highest BCUT2D eigenvalue weighted by atomic mass is 35.5.